The van der Waals surface area contributed by atoms with Crippen molar-refractivity contribution in [3.63, 3.8) is 0 Å². The molecule has 0 aliphatic heterocycles. The van der Waals surface area contributed by atoms with Crippen LogP contribution in [0.1, 0.15) is 51.9 Å². The van der Waals surface area contributed by atoms with Crippen LogP contribution in [0.25, 0.3) is 0 Å². The van der Waals surface area contributed by atoms with Gasteiger partial charge < -0.3 is 15.8 Å². The van der Waals surface area contributed by atoms with E-state index in [2.05, 4.69) is 12.2 Å². The first-order valence-corrected chi connectivity index (χ1v) is 6.89. The zero-order valence-corrected chi connectivity index (χ0v) is 10.9. The third-order valence-corrected chi connectivity index (χ3v) is 3.26. The van der Waals surface area contributed by atoms with Crippen LogP contribution in [0.15, 0.2) is 0 Å². The molecule has 1 aliphatic carbocycles. The number of carbonyl (C=O) groups excluding carboxylic acids is 1. The summed E-state index contributed by atoms with van der Waals surface area (Å²) in [6, 6.07) is -0.360. The molecule has 0 bridgehead atoms. The van der Waals surface area contributed by atoms with Gasteiger partial charge in [0, 0.05) is 6.54 Å². The lowest BCUT2D eigenvalue weighted by Gasteiger charge is -2.14. The van der Waals surface area contributed by atoms with Crippen LogP contribution in [-0.2, 0) is 9.53 Å². The molecule has 1 unspecified atom stereocenters. The number of hydrogen-bond donors (Lipinski definition) is 2. The molecule has 0 aromatic heterocycles. The van der Waals surface area contributed by atoms with Crippen LogP contribution in [0, 0.1) is 0 Å². The molecule has 100 valence electrons. The summed E-state index contributed by atoms with van der Waals surface area (Å²) in [5.74, 6) is -0.0477. The third-order valence-electron chi connectivity index (χ3n) is 3.26. The maximum atomic E-state index is 11.6. The largest absolute Gasteiger partial charge is 0.376 e. The van der Waals surface area contributed by atoms with E-state index in [1.165, 1.54) is 25.7 Å². The van der Waals surface area contributed by atoms with Crippen molar-refractivity contribution < 1.29 is 9.53 Å². The van der Waals surface area contributed by atoms with Gasteiger partial charge >= 0.3 is 0 Å². The van der Waals surface area contributed by atoms with Crippen LogP contribution in [0.4, 0.5) is 0 Å². The molecule has 0 heterocycles. The van der Waals surface area contributed by atoms with Crippen molar-refractivity contribution in [2.45, 2.75) is 64.0 Å². The van der Waals surface area contributed by atoms with E-state index in [0.717, 1.165) is 19.3 Å². The Morgan fingerprint density at radius 1 is 1.47 bits per heavy atom. The lowest BCUT2D eigenvalue weighted by Crippen LogP contribution is -2.41. The molecular weight excluding hydrogens is 216 g/mol. The fourth-order valence-electron chi connectivity index (χ4n) is 2.14. The lowest BCUT2D eigenvalue weighted by atomic mass is 10.1. The smallest absolute Gasteiger partial charge is 0.236 e. The number of nitrogens with two attached hydrogens (primary N) is 1. The Bertz CT molecular complexity index is 215. The highest BCUT2D eigenvalue weighted by molar-refractivity contribution is 5.81. The van der Waals surface area contributed by atoms with E-state index in [1.807, 2.05) is 0 Å². The molecule has 4 heteroatoms. The molecule has 3 N–H and O–H groups in total. The second-order valence-corrected chi connectivity index (χ2v) is 4.82. The van der Waals surface area contributed by atoms with E-state index < -0.39 is 0 Å². The van der Waals surface area contributed by atoms with Crippen molar-refractivity contribution in [1.82, 2.24) is 5.32 Å². The van der Waals surface area contributed by atoms with Crippen LogP contribution in [0.3, 0.4) is 0 Å². The summed E-state index contributed by atoms with van der Waals surface area (Å²) in [7, 11) is 0. The Balaban J connectivity index is 1.98. The number of unbranched alkanes of at least 4 members (excludes halogenated alkanes) is 1. The highest BCUT2D eigenvalue weighted by Crippen LogP contribution is 2.20. The van der Waals surface area contributed by atoms with E-state index in [1.54, 1.807) is 0 Å². The van der Waals surface area contributed by atoms with Gasteiger partial charge in [0.25, 0.3) is 0 Å². The number of amides is 1. The zero-order valence-electron chi connectivity index (χ0n) is 10.9. The van der Waals surface area contributed by atoms with Crippen molar-refractivity contribution in [3.05, 3.63) is 0 Å². The molecule has 1 aliphatic rings. The first-order chi connectivity index (χ1) is 8.24. The van der Waals surface area contributed by atoms with E-state index in [4.69, 9.17) is 10.5 Å². The fourth-order valence-corrected chi connectivity index (χ4v) is 2.14. The van der Waals surface area contributed by atoms with Gasteiger partial charge in [-0.2, -0.15) is 0 Å². The maximum absolute atomic E-state index is 11.6. The van der Waals surface area contributed by atoms with Gasteiger partial charge in [-0.05, 0) is 19.3 Å². The SMILES string of the molecule is CCCCC(N)C(=O)NCCOC1CCCC1. The van der Waals surface area contributed by atoms with E-state index >= 15 is 0 Å². The van der Waals surface area contributed by atoms with E-state index in [0.29, 0.717) is 19.3 Å². The van der Waals surface area contributed by atoms with Crippen molar-refractivity contribution in [1.29, 1.82) is 0 Å². The lowest BCUT2D eigenvalue weighted by molar-refractivity contribution is -0.122. The minimum atomic E-state index is -0.360. The maximum Gasteiger partial charge on any atom is 0.236 e. The summed E-state index contributed by atoms with van der Waals surface area (Å²) in [4.78, 5) is 11.6. The third kappa shape index (κ3) is 6.03. The van der Waals surface area contributed by atoms with Gasteiger partial charge in [-0.1, -0.05) is 32.6 Å². The van der Waals surface area contributed by atoms with Gasteiger partial charge in [-0.15, -0.1) is 0 Å². The fraction of sp³-hybridized carbons (Fsp3) is 0.923. The standard InChI is InChI=1S/C13H26N2O2/c1-2-3-8-12(14)13(16)15-9-10-17-11-6-4-5-7-11/h11-12H,2-10,14H2,1H3,(H,15,16). The highest BCUT2D eigenvalue weighted by atomic mass is 16.5. The summed E-state index contributed by atoms with van der Waals surface area (Å²) in [6.45, 7) is 3.28. The first-order valence-electron chi connectivity index (χ1n) is 6.89. The molecule has 1 atom stereocenters. The number of carbonyl (C=O) groups is 1. The number of hydrogen-bond acceptors (Lipinski definition) is 3. The molecule has 0 radical (unpaired) electrons. The van der Waals surface area contributed by atoms with E-state index in [-0.39, 0.29) is 11.9 Å². The minimum Gasteiger partial charge on any atom is -0.376 e. The second kappa shape index (κ2) is 8.48. The molecular formula is C13H26N2O2. The average molecular weight is 242 g/mol. The average Bonchev–Trinajstić information content (AvgIpc) is 2.84. The van der Waals surface area contributed by atoms with Gasteiger partial charge in [0.05, 0.1) is 18.8 Å². The Hall–Kier alpha value is -0.610. The van der Waals surface area contributed by atoms with Crippen molar-refractivity contribution in [2.75, 3.05) is 13.2 Å². The monoisotopic (exact) mass is 242 g/mol. The Morgan fingerprint density at radius 3 is 2.82 bits per heavy atom. The Labute approximate surface area is 104 Å². The van der Waals surface area contributed by atoms with Gasteiger partial charge in [0.1, 0.15) is 0 Å². The molecule has 1 amide bonds. The summed E-state index contributed by atoms with van der Waals surface area (Å²) in [5.41, 5.74) is 5.75. The summed E-state index contributed by atoms with van der Waals surface area (Å²) < 4.78 is 5.66. The Kier molecular flexibility index (Phi) is 7.21. The van der Waals surface area contributed by atoms with Crippen LogP contribution in [0.2, 0.25) is 0 Å². The van der Waals surface area contributed by atoms with Gasteiger partial charge in [0.15, 0.2) is 0 Å². The number of nitrogens with one attached hydrogen (secondary N) is 1. The van der Waals surface area contributed by atoms with Crippen LogP contribution in [0.5, 0.6) is 0 Å². The summed E-state index contributed by atoms with van der Waals surface area (Å²) >= 11 is 0. The number of ether oxygens (including phenoxy) is 1. The Morgan fingerprint density at radius 2 is 2.18 bits per heavy atom. The van der Waals surface area contributed by atoms with Gasteiger partial charge in [-0.25, -0.2) is 0 Å². The molecule has 1 rings (SSSR count). The molecule has 0 spiro atoms. The van der Waals surface area contributed by atoms with Crippen molar-refractivity contribution in [2.24, 2.45) is 5.73 Å². The van der Waals surface area contributed by atoms with E-state index in [9.17, 15) is 4.79 Å². The van der Waals surface area contributed by atoms with Gasteiger partial charge in [-0.3, -0.25) is 4.79 Å². The van der Waals surface area contributed by atoms with Gasteiger partial charge in [0.2, 0.25) is 5.91 Å². The highest BCUT2D eigenvalue weighted by Gasteiger charge is 2.15. The molecule has 0 aromatic carbocycles. The van der Waals surface area contributed by atoms with Crippen LogP contribution in [-0.4, -0.2) is 31.2 Å². The van der Waals surface area contributed by atoms with Crippen LogP contribution < -0.4 is 11.1 Å². The normalized spacial score (nSPS) is 18.2. The minimum absolute atomic E-state index is 0.0477. The summed E-state index contributed by atoms with van der Waals surface area (Å²) in [6.07, 6.45) is 8.16. The van der Waals surface area contributed by atoms with Crippen molar-refractivity contribution in [3.8, 4) is 0 Å². The molecule has 0 saturated heterocycles. The molecule has 4 nitrogen and oxygen atoms in total. The number of rotatable bonds is 8. The molecule has 1 saturated carbocycles. The second-order valence-electron chi connectivity index (χ2n) is 4.82. The molecule has 0 aromatic rings. The van der Waals surface area contributed by atoms with Crippen LogP contribution >= 0.6 is 0 Å². The molecule has 1 fully saturated rings. The van der Waals surface area contributed by atoms with Crippen molar-refractivity contribution >= 4 is 5.91 Å². The predicted octanol–water partition coefficient (Wildman–Crippen LogP) is 1.58. The zero-order chi connectivity index (χ0) is 12.5. The molecule has 17 heavy (non-hydrogen) atoms. The quantitative estimate of drug-likeness (QED) is 0.635. The summed E-state index contributed by atoms with van der Waals surface area (Å²) in [5, 5.41) is 2.83. The predicted molar refractivity (Wildman–Crippen MR) is 68.7 cm³/mol. The topological polar surface area (TPSA) is 64.4 Å². The first kappa shape index (κ1) is 14.5.